The van der Waals surface area contributed by atoms with Crippen molar-refractivity contribution in [2.45, 2.75) is 32.3 Å². The molecule has 1 rings (SSSR count). The lowest BCUT2D eigenvalue weighted by Gasteiger charge is -2.12. The summed E-state index contributed by atoms with van der Waals surface area (Å²) in [7, 11) is 0. The maximum Gasteiger partial charge on any atom is 0.129 e. The Bertz CT molecular complexity index is 354. The molecule has 0 aliphatic heterocycles. The minimum Gasteiger partial charge on any atom is -0.392 e. The quantitative estimate of drug-likeness (QED) is 0.764. The first-order valence-electron chi connectivity index (χ1n) is 5.32. The van der Waals surface area contributed by atoms with Crippen molar-refractivity contribution in [1.82, 2.24) is 0 Å². The molecular formula is C13H16F2O. The summed E-state index contributed by atoms with van der Waals surface area (Å²) in [5.74, 6) is -1.22. The summed E-state index contributed by atoms with van der Waals surface area (Å²) in [6.07, 6.45) is 0.345. The third-order valence-corrected chi connectivity index (χ3v) is 2.53. The summed E-state index contributed by atoms with van der Waals surface area (Å²) in [6, 6.07) is 3.70. The van der Waals surface area contributed by atoms with E-state index in [9.17, 15) is 13.9 Å². The Morgan fingerprint density at radius 1 is 1.38 bits per heavy atom. The summed E-state index contributed by atoms with van der Waals surface area (Å²) in [5, 5.41) is 9.66. The van der Waals surface area contributed by atoms with Crippen molar-refractivity contribution in [3.05, 3.63) is 47.5 Å². The normalized spacial score (nSPS) is 12.5. The average Bonchev–Trinajstić information content (AvgIpc) is 2.23. The maximum atomic E-state index is 13.3. The van der Waals surface area contributed by atoms with Gasteiger partial charge in [-0.05, 0) is 25.0 Å². The first-order chi connectivity index (χ1) is 7.54. The van der Waals surface area contributed by atoms with Gasteiger partial charge < -0.3 is 5.11 Å². The maximum absolute atomic E-state index is 13.3. The van der Waals surface area contributed by atoms with Crippen molar-refractivity contribution >= 4 is 0 Å². The van der Waals surface area contributed by atoms with E-state index >= 15 is 0 Å². The second-order valence-electron chi connectivity index (χ2n) is 3.87. The van der Waals surface area contributed by atoms with Crippen LogP contribution in [-0.2, 0) is 6.42 Å². The Balaban J connectivity index is 2.69. The Kier molecular flexibility index (Phi) is 4.62. The Morgan fingerprint density at radius 3 is 2.44 bits per heavy atom. The van der Waals surface area contributed by atoms with E-state index < -0.39 is 17.7 Å². The van der Waals surface area contributed by atoms with Gasteiger partial charge in [0.25, 0.3) is 0 Å². The summed E-state index contributed by atoms with van der Waals surface area (Å²) in [5.41, 5.74) is 0.822. The largest absolute Gasteiger partial charge is 0.392 e. The number of hydrogen-bond donors (Lipinski definition) is 1. The predicted octanol–water partition coefficient (Wildman–Crippen LogP) is 3.22. The molecule has 0 saturated carbocycles. The molecule has 0 saturated heterocycles. The van der Waals surface area contributed by atoms with Crippen molar-refractivity contribution in [1.29, 1.82) is 0 Å². The molecule has 88 valence electrons. The van der Waals surface area contributed by atoms with Gasteiger partial charge in [0.05, 0.1) is 6.10 Å². The summed E-state index contributed by atoms with van der Waals surface area (Å²) >= 11 is 0. The number of aliphatic hydroxyl groups is 1. The Labute approximate surface area is 94.4 Å². The molecule has 0 heterocycles. The van der Waals surface area contributed by atoms with E-state index in [0.29, 0.717) is 6.42 Å². The monoisotopic (exact) mass is 226 g/mol. The molecule has 1 nitrogen and oxygen atoms in total. The smallest absolute Gasteiger partial charge is 0.129 e. The van der Waals surface area contributed by atoms with Gasteiger partial charge in [-0.25, -0.2) is 8.78 Å². The van der Waals surface area contributed by atoms with E-state index in [0.717, 1.165) is 12.0 Å². The lowest BCUT2D eigenvalue weighted by molar-refractivity contribution is 0.172. The molecule has 1 unspecified atom stereocenters. The van der Waals surface area contributed by atoms with Gasteiger partial charge in [0.1, 0.15) is 11.6 Å². The SMILES string of the molecule is C=C(CC)CC(O)Cc1c(F)cccc1F. The van der Waals surface area contributed by atoms with E-state index in [4.69, 9.17) is 0 Å². The van der Waals surface area contributed by atoms with Gasteiger partial charge in [0.2, 0.25) is 0 Å². The minimum atomic E-state index is -0.779. The molecule has 0 spiro atoms. The average molecular weight is 226 g/mol. The van der Waals surface area contributed by atoms with Crippen LogP contribution < -0.4 is 0 Å². The lowest BCUT2D eigenvalue weighted by atomic mass is 10.0. The molecule has 3 heteroatoms. The van der Waals surface area contributed by atoms with E-state index in [-0.39, 0.29) is 12.0 Å². The predicted molar refractivity (Wildman–Crippen MR) is 60.1 cm³/mol. The van der Waals surface area contributed by atoms with Crippen LogP contribution >= 0.6 is 0 Å². The highest BCUT2D eigenvalue weighted by atomic mass is 19.1. The van der Waals surface area contributed by atoms with Crippen molar-refractivity contribution < 1.29 is 13.9 Å². The first kappa shape index (κ1) is 12.8. The van der Waals surface area contributed by atoms with E-state index in [2.05, 4.69) is 6.58 Å². The van der Waals surface area contributed by atoms with Crippen LogP contribution in [0.4, 0.5) is 8.78 Å². The van der Waals surface area contributed by atoms with Crippen LogP contribution in [0.3, 0.4) is 0 Å². The fourth-order valence-corrected chi connectivity index (χ4v) is 1.51. The van der Waals surface area contributed by atoms with Crippen molar-refractivity contribution in [2.24, 2.45) is 0 Å². The van der Waals surface area contributed by atoms with E-state index in [1.54, 1.807) is 0 Å². The highest BCUT2D eigenvalue weighted by Gasteiger charge is 2.14. The van der Waals surface area contributed by atoms with Crippen LogP contribution in [0, 0.1) is 11.6 Å². The molecule has 1 atom stereocenters. The van der Waals surface area contributed by atoms with E-state index in [1.807, 2.05) is 6.92 Å². The third-order valence-electron chi connectivity index (χ3n) is 2.53. The van der Waals surface area contributed by atoms with Crippen LogP contribution in [0.5, 0.6) is 0 Å². The van der Waals surface area contributed by atoms with Crippen molar-refractivity contribution in [3.8, 4) is 0 Å². The number of benzene rings is 1. The summed E-state index contributed by atoms with van der Waals surface area (Å²) in [6.45, 7) is 5.68. The highest BCUT2D eigenvalue weighted by Crippen LogP contribution is 2.17. The second kappa shape index (κ2) is 5.75. The van der Waals surface area contributed by atoms with Crippen molar-refractivity contribution in [2.75, 3.05) is 0 Å². The molecule has 0 aliphatic carbocycles. The molecule has 0 aromatic heterocycles. The van der Waals surface area contributed by atoms with Crippen LogP contribution in [0.25, 0.3) is 0 Å². The second-order valence-corrected chi connectivity index (χ2v) is 3.87. The molecule has 1 aromatic rings. The Morgan fingerprint density at radius 2 is 1.94 bits per heavy atom. The topological polar surface area (TPSA) is 20.2 Å². The standard InChI is InChI=1S/C13H16F2O/c1-3-9(2)7-10(16)8-11-12(14)5-4-6-13(11)15/h4-6,10,16H,2-3,7-8H2,1H3. The molecule has 0 radical (unpaired) electrons. The highest BCUT2D eigenvalue weighted by molar-refractivity contribution is 5.20. The molecular weight excluding hydrogens is 210 g/mol. The van der Waals surface area contributed by atoms with Gasteiger partial charge >= 0.3 is 0 Å². The van der Waals surface area contributed by atoms with Gasteiger partial charge in [-0.2, -0.15) is 0 Å². The van der Waals surface area contributed by atoms with Gasteiger partial charge in [-0.15, -0.1) is 0 Å². The molecule has 0 fully saturated rings. The molecule has 0 amide bonds. The summed E-state index contributed by atoms with van der Waals surface area (Å²) in [4.78, 5) is 0. The zero-order valence-electron chi connectivity index (χ0n) is 9.34. The van der Waals surface area contributed by atoms with Crippen LogP contribution in [0.2, 0.25) is 0 Å². The molecule has 0 bridgehead atoms. The van der Waals surface area contributed by atoms with Crippen LogP contribution in [0.1, 0.15) is 25.3 Å². The molecule has 0 aliphatic rings. The lowest BCUT2D eigenvalue weighted by Crippen LogP contribution is -2.13. The van der Waals surface area contributed by atoms with Crippen LogP contribution in [-0.4, -0.2) is 11.2 Å². The molecule has 1 N–H and O–H groups in total. The fourth-order valence-electron chi connectivity index (χ4n) is 1.51. The van der Waals surface area contributed by atoms with Crippen molar-refractivity contribution in [3.63, 3.8) is 0 Å². The fraction of sp³-hybridized carbons (Fsp3) is 0.385. The number of aliphatic hydroxyl groups excluding tert-OH is 1. The van der Waals surface area contributed by atoms with Gasteiger partial charge in [0.15, 0.2) is 0 Å². The summed E-state index contributed by atoms with van der Waals surface area (Å²) < 4.78 is 26.5. The molecule has 16 heavy (non-hydrogen) atoms. The molecule has 1 aromatic carbocycles. The number of halogens is 2. The zero-order chi connectivity index (χ0) is 12.1. The van der Waals surface area contributed by atoms with Gasteiger partial charge in [-0.3, -0.25) is 0 Å². The Hall–Kier alpha value is -1.22. The first-order valence-corrected chi connectivity index (χ1v) is 5.32. The number of hydrogen-bond acceptors (Lipinski definition) is 1. The zero-order valence-corrected chi connectivity index (χ0v) is 9.34. The third kappa shape index (κ3) is 3.42. The minimum absolute atomic E-state index is 0.0163. The van der Waals surface area contributed by atoms with Gasteiger partial charge in [0, 0.05) is 12.0 Å². The van der Waals surface area contributed by atoms with Gasteiger partial charge in [-0.1, -0.05) is 25.1 Å². The van der Waals surface area contributed by atoms with Crippen LogP contribution in [0.15, 0.2) is 30.4 Å². The van der Waals surface area contributed by atoms with E-state index in [1.165, 1.54) is 18.2 Å². The number of rotatable bonds is 5.